The van der Waals surface area contributed by atoms with Gasteiger partial charge in [-0.15, -0.1) is 11.8 Å². The van der Waals surface area contributed by atoms with Gasteiger partial charge in [0, 0.05) is 11.0 Å². The minimum atomic E-state index is -3.66. The highest BCUT2D eigenvalue weighted by Crippen LogP contribution is 2.22. The molecule has 27 heavy (non-hydrogen) atoms. The number of carbonyl (C=O) groups excluding carboxylic acids is 1. The second kappa shape index (κ2) is 9.43. The number of anilines is 1. The second-order valence-corrected chi connectivity index (χ2v) is 8.32. The summed E-state index contributed by atoms with van der Waals surface area (Å²) >= 11 is 1.63. The van der Waals surface area contributed by atoms with E-state index >= 15 is 0 Å². The zero-order valence-electron chi connectivity index (χ0n) is 15.2. The average Bonchev–Trinajstić information content (AvgIpc) is 2.66. The summed E-state index contributed by atoms with van der Waals surface area (Å²) in [6, 6.07) is 14.1. The van der Waals surface area contributed by atoms with E-state index in [1.165, 1.54) is 13.3 Å². The quantitative estimate of drug-likeness (QED) is 0.412. The molecule has 9 heteroatoms. The number of nitrogens with one attached hydrogen (secondary N) is 1. The third-order valence-electron chi connectivity index (χ3n) is 3.55. The highest BCUT2D eigenvalue weighted by molar-refractivity contribution is 7.98. The Labute approximate surface area is 163 Å². The molecular weight excluding hydrogens is 386 g/mol. The van der Waals surface area contributed by atoms with Crippen LogP contribution in [0.1, 0.15) is 5.56 Å². The summed E-state index contributed by atoms with van der Waals surface area (Å²) < 4.78 is 30.3. The molecule has 1 amide bonds. The average molecular weight is 408 g/mol. The van der Waals surface area contributed by atoms with Crippen molar-refractivity contribution in [3.05, 3.63) is 54.1 Å². The monoisotopic (exact) mass is 407 g/mol. The molecule has 0 heterocycles. The van der Waals surface area contributed by atoms with E-state index in [-0.39, 0.29) is 0 Å². The standard InChI is InChI=1S/C18H21N3O4S2/c1-25-16-6-4-5-15(11-16)21(27(3,23)24)13-18(22)20-19-12-14-7-9-17(26-2)10-8-14/h4-12H,13H2,1-3H3,(H,20,22)/b19-12-. The Balaban J connectivity index is 2.06. The Bertz CT molecular complexity index is 912. The van der Waals surface area contributed by atoms with E-state index in [1.54, 1.807) is 36.0 Å². The first kappa shape index (κ1) is 20.8. The summed E-state index contributed by atoms with van der Waals surface area (Å²) in [5, 5.41) is 3.88. The van der Waals surface area contributed by atoms with E-state index in [0.717, 1.165) is 21.0 Å². The molecule has 0 aliphatic carbocycles. The molecule has 2 rings (SSSR count). The Kier molecular flexibility index (Phi) is 7.26. The lowest BCUT2D eigenvalue weighted by Gasteiger charge is -2.21. The number of amides is 1. The van der Waals surface area contributed by atoms with Gasteiger partial charge < -0.3 is 4.74 Å². The molecule has 7 nitrogen and oxygen atoms in total. The van der Waals surface area contributed by atoms with Crippen molar-refractivity contribution in [1.82, 2.24) is 5.43 Å². The number of benzene rings is 2. The molecule has 0 unspecified atom stereocenters. The Morgan fingerprint density at radius 2 is 1.96 bits per heavy atom. The summed E-state index contributed by atoms with van der Waals surface area (Å²) in [5.74, 6) is -0.0616. The molecule has 0 saturated heterocycles. The van der Waals surface area contributed by atoms with Crippen LogP contribution in [0.3, 0.4) is 0 Å². The molecule has 0 fully saturated rings. The van der Waals surface area contributed by atoms with E-state index in [0.29, 0.717) is 11.4 Å². The molecule has 2 aromatic rings. The third-order valence-corrected chi connectivity index (χ3v) is 5.43. The minimum absolute atomic E-state index is 0.337. The molecule has 0 saturated carbocycles. The molecular formula is C18H21N3O4S2. The van der Waals surface area contributed by atoms with Gasteiger partial charge in [0.15, 0.2) is 0 Å². The van der Waals surface area contributed by atoms with Crippen LogP contribution in [0.4, 0.5) is 5.69 Å². The number of hydrogen-bond donors (Lipinski definition) is 1. The van der Waals surface area contributed by atoms with E-state index in [1.807, 2.05) is 30.5 Å². The van der Waals surface area contributed by atoms with Gasteiger partial charge in [-0.3, -0.25) is 9.10 Å². The fourth-order valence-electron chi connectivity index (χ4n) is 2.20. The van der Waals surface area contributed by atoms with Crippen molar-refractivity contribution in [3.63, 3.8) is 0 Å². The number of ether oxygens (including phenoxy) is 1. The van der Waals surface area contributed by atoms with Gasteiger partial charge >= 0.3 is 0 Å². The third kappa shape index (κ3) is 6.30. The molecule has 144 valence electrons. The summed E-state index contributed by atoms with van der Waals surface area (Å²) in [4.78, 5) is 13.3. The number of carbonyl (C=O) groups is 1. The van der Waals surface area contributed by atoms with Crippen LogP contribution in [0.5, 0.6) is 5.75 Å². The molecule has 0 atom stereocenters. The smallest absolute Gasteiger partial charge is 0.260 e. The van der Waals surface area contributed by atoms with Crippen molar-refractivity contribution in [2.24, 2.45) is 5.10 Å². The van der Waals surface area contributed by atoms with Crippen molar-refractivity contribution >= 4 is 39.6 Å². The maximum atomic E-state index is 12.2. The fraction of sp³-hybridized carbons (Fsp3) is 0.222. The van der Waals surface area contributed by atoms with Gasteiger partial charge in [0.25, 0.3) is 5.91 Å². The van der Waals surface area contributed by atoms with Crippen LogP contribution in [0.15, 0.2) is 58.5 Å². The number of hydrogen-bond acceptors (Lipinski definition) is 6. The van der Waals surface area contributed by atoms with Crippen LogP contribution in [0.2, 0.25) is 0 Å². The first-order valence-corrected chi connectivity index (χ1v) is 11.0. The minimum Gasteiger partial charge on any atom is -0.497 e. The lowest BCUT2D eigenvalue weighted by Crippen LogP contribution is -2.39. The van der Waals surface area contributed by atoms with Crippen molar-refractivity contribution in [3.8, 4) is 5.75 Å². The predicted molar refractivity (Wildman–Crippen MR) is 109 cm³/mol. The van der Waals surface area contributed by atoms with Gasteiger partial charge in [-0.05, 0) is 36.1 Å². The van der Waals surface area contributed by atoms with Crippen molar-refractivity contribution < 1.29 is 17.9 Å². The molecule has 0 aliphatic heterocycles. The number of methoxy groups -OCH3 is 1. The van der Waals surface area contributed by atoms with Crippen LogP contribution in [-0.4, -0.2) is 46.7 Å². The Morgan fingerprint density at radius 3 is 2.56 bits per heavy atom. The first-order chi connectivity index (χ1) is 12.8. The summed E-state index contributed by atoms with van der Waals surface area (Å²) in [6.45, 7) is -0.394. The lowest BCUT2D eigenvalue weighted by molar-refractivity contribution is -0.119. The highest BCUT2D eigenvalue weighted by atomic mass is 32.2. The SMILES string of the molecule is COc1cccc(N(CC(=O)N/N=C\c2ccc(SC)cc2)S(C)(=O)=O)c1. The first-order valence-electron chi connectivity index (χ1n) is 7.91. The Morgan fingerprint density at radius 1 is 1.26 bits per heavy atom. The number of rotatable bonds is 8. The van der Waals surface area contributed by atoms with Crippen LogP contribution in [-0.2, 0) is 14.8 Å². The van der Waals surface area contributed by atoms with Crippen LogP contribution >= 0.6 is 11.8 Å². The molecule has 0 aromatic heterocycles. The topological polar surface area (TPSA) is 88.1 Å². The van der Waals surface area contributed by atoms with Gasteiger partial charge in [0.2, 0.25) is 10.0 Å². The normalized spacial score (nSPS) is 11.4. The Hall–Kier alpha value is -2.52. The summed E-state index contributed by atoms with van der Waals surface area (Å²) in [5.41, 5.74) is 3.51. The maximum Gasteiger partial charge on any atom is 0.260 e. The van der Waals surface area contributed by atoms with Crippen molar-refractivity contribution in [2.45, 2.75) is 4.90 Å². The van der Waals surface area contributed by atoms with Gasteiger partial charge in [-0.2, -0.15) is 5.10 Å². The van der Waals surface area contributed by atoms with Gasteiger partial charge in [-0.25, -0.2) is 13.8 Å². The van der Waals surface area contributed by atoms with Crippen LogP contribution < -0.4 is 14.5 Å². The molecule has 0 radical (unpaired) electrons. The zero-order chi connectivity index (χ0) is 19.9. The highest BCUT2D eigenvalue weighted by Gasteiger charge is 2.21. The molecule has 1 N–H and O–H groups in total. The van der Waals surface area contributed by atoms with E-state index in [4.69, 9.17) is 4.74 Å². The number of hydrazone groups is 1. The fourth-order valence-corrected chi connectivity index (χ4v) is 3.46. The summed E-state index contributed by atoms with van der Waals surface area (Å²) in [6.07, 6.45) is 4.52. The maximum absolute atomic E-state index is 12.2. The van der Waals surface area contributed by atoms with Gasteiger partial charge in [-0.1, -0.05) is 18.2 Å². The predicted octanol–water partition coefficient (Wildman–Crippen LogP) is 2.33. The van der Waals surface area contributed by atoms with Crippen LogP contribution in [0, 0.1) is 0 Å². The van der Waals surface area contributed by atoms with E-state index in [9.17, 15) is 13.2 Å². The molecule has 2 aromatic carbocycles. The molecule has 0 bridgehead atoms. The van der Waals surface area contributed by atoms with Crippen molar-refractivity contribution in [1.29, 1.82) is 0 Å². The zero-order valence-corrected chi connectivity index (χ0v) is 16.9. The number of nitrogens with zero attached hydrogens (tertiary/aromatic N) is 2. The van der Waals surface area contributed by atoms with Crippen LogP contribution in [0.25, 0.3) is 0 Å². The second-order valence-electron chi connectivity index (χ2n) is 5.54. The van der Waals surface area contributed by atoms with E-state index in [2.05, 4.69) is 10.5 Å². The van der Waals surface area contributed by atoms with Gasteiger partial charge in [0.1, 0.15) is 12.3 Å². The van der Waals surface area contributed by atoms with Gasteiger partial charge in [0.05, 0.1) is 25.3 Å². The molecule has 0 aliphatic rings. The van der Waals surface area contributed by atoms with Crippen molar-refractivity contribution in [2.75, 3.05) is 30.5 Å². The lowest BCUT2D eigenvalue weighted by atomic mass is 10.2. The summed E-state index contributed by atoms with van der Waals surface area (Å²) in [7, 11) is -2.18. The largest absolute Gasteiger partial charge is 0.497 e. The number of thioether (sulfide) groups is 1. The van der Waals surface area contributed by atoms with E-state index < -0.39 is 22.5 Å². The number of sulfonamides is 1. The molecule has 0 spiro atoms.